The van der Waals surface area contributed by atoms with Crippen molar-refractivity contribution in [2.45, 2.75) is 19.1 Å². The first kappa shape index (κ1) is 15.4. The number of carbonyl (C=O) groups is 1. The molecular formula is C15H14ClFN2O2. The maximum Gasteiger partial charge on any atom is 0.223 e. The largest absolute Gasteiger partial charge is 0.388 e. The van der Waals surface area contributed by atoms with E-state index in [-0.39, 0.29) is 12.3 Å². The van der Waals surface area contributed by atoms with Gasteiger partial charge in [0.2, 0.25) is 5.91 Å². The highest BCUT2D eigenvalue weighted by atomic mass is 35.5. The number of nitrogens with one attached hydrogen (secondary N) is 1. The van der Waals surface area contributed by atoms with Crippen molar-refractivity contribution in [2.75, 3.05) is 0 Å². The molecule has 1 aromatic carbocycles. The molecule has 0 aliphatic rings. The number of hydrogen-bond acceptors (Lipinski definition) is 3. The average molecular weight is 309 g/mol. The highest BCUT2D eigenvalue weighted by Gasteiger charge is 2.13. The molecule has 0 radical (unpaired) electrons. The molecule has 2 aromatic rings. The maximum absolute atomic E-state index is 13.0. The molecular weight excluding hydrogens is 295 g/mol. The highest BCUT2D eigenvalue weighted by Crippen LogP contribution is 2.17. The van der Waals surface area contributed by atoms with Gasteiger partial charge in [0.15, 0.2) is 0 Å². The minimum absolute atomic E-state index is 0.134. The van der Waals surface area contributed by atoms with Gasteiger partial charge in [-0.25, -0.2) is 9.37 Å². The molecule has 1 atom stereocenters. The molecule has 0 saturated heterocycles. The summed E-state index contributed by atoms with van der Waals surface area (Å²) < 4.78 is 13.0. The lowest BCUT2D eigenvalue weighted by Crippen LogP contribution is -2.24. The van der Waals surface area contributed by atoms with Crippen molar-refractivity contribution in [2.24, 2.45) is 0 Å². The van der Waals surface area contributed by atoms with Crippen LogP contribution in [0.2, 0.25) is 5.15 Å². The molecule has 0 aliphatic carbocycles. The van der Waals surface area contributed by atoms with E-state index < -0.39 is 11.9 Å². The fraction of sp³-hybridized carbons (Fsp3) is 0.200. The van der Waals surface area contributed by atoms with Crippen LogP contribution in [-0.4, -0.2) is 16.0 Å². The smallest absolute Gasteiger partial charge is 0.223 e. The summed E-state index contributed by atoms with van der Waals surface area (Å²) in [7, 11) is 0. The molecule has 1 amide bonds. The van der Waals surface area contributed by atoms with E-state index in [0.717, 1.165) is 5.56 Å². The minimum atomic E-state index is -1.04. The van der Waals surface area contributed by atoms with Crippen molar-refractivity contribution in [1.29, 1.82) is 0 Å². The van der Waals surface area contributed by atoms with E-state index in [1.807, 2.05) is 0 Å². The van der Waals surface area contributed by atoms with Gasteiger partial charge in [0.25, 0.3) is 0 Å². The summed E-state index contributed by atoms with van der Waals surface area (Å²) >= 11 is 5.66. The Bertz CT molecular complexity index is 619. The average Bonchev–Trinajstić information content (AvgIpc) is 2.46. The van der Waals surface area contributed by atoms with E-state index in [1.165, 1.54) is 18.2 Å². The number of aliphatic hydroxyl groups excluding tert-OH is 1. The van der Waals surface area contributed by atoms with Crippen molar-refractivity contribution in [3.8, 4) is 0 Å². The van der Waals surface area contributed by atoms with Crippen LogP contribution in [0.3, 0.4) is 0 Å². The summed E-state index contributed by atoms with van der Waals surface area (Å²) in [5.74, 6) is -0.777. The first-order valence-corrected chi connectivity index (χ1v) is 6.73. The third-order valence-electron chi connectivity index (χ3n) is 2.89. The Kier molecular flexibility index (Phi) is 5.25. The van der Waals surface area contributed by atoms with Gasteiger partial charge in [-0.3, -0.25) is 4.79 Å². The predicted molar refractivity (Wildman–Crippen MR) is 77.1 cm³/mol. The molecule has 110 valence electrons. The van der Waals surface area contributed by atoms with Gasteiger partial charge in [0, 0.05) is 12.7 Å². The Morgan fingerprint density at radius 2 is 2.19 bits per heavy atom. The SMILES string of the molecule is O=C(CC(O)c1cccc(F)c1)NCc1ccc(Cl)nc1. The number of halogens is 2. The molecule has 21 heavy (non-hydrogen) atoms. The Balaban J connectivity index is 1.85. The van der Waals surface area contributed by atoms with Crippen LogP contribution in [-0.2, 0) is 11.3 Å². The van der Waals surface area contributed by atoms with E-state index in [0.29, 0.717) is 17.3 Å². The zero-order valence-corrected chi connectivity index (χ0v) is 11.8. The molecule has 2 N–H and O–H groups in total. The van der Waals surface area contributed by atoms with Crippen molar-refractivity contribution in [1.82, 2.24) is 10.3 Å². The molecule has 1 aromatic heterocycles. The van der Waals surface area contributed by atoms with Crippen LogP contribution >= 0.6 is 11.6 Å². The Labute approximate surface area is 126 Å². The first-order valence-electron chi connectivity index (χ1n) is 6.35. The van der Waals surface area contributed by atoms with Gasteiger partial charge in [0.1, 0.15) is 11.0 Å². The summed E-state index contributed by atoms with van der Waals surface area (Å²) in [6.07, 6.45) is 0.389. The van der Waals surface area contributed by atoms with Gasteiger partial charge in [-0.2, -0.15) is 0 Å². The second-order valence-electron chi connectivity index (χ2n) is 4.54. The van der Waals surface area contributed by atoms with Gasteiger partial charge < -0.3 is 10.4 Å². The lowest BCUT2D eigenvalue weighted by Gasteiger charge is -2.11. The van der Waals surface area contributed by atoms with Crippen LogP contribution in [0.25, 0.3) is 0 Å². The lowest BCUT2D eigenvalue weighted by molar-refractivity contribution is -0.123. The fourth-order valence-electron chi connectivity index (χ4n) is 1.79. The van der Waals surface area contributed by atoms with Crippen molar-refractivity contribution in [3.05, 3.63) is 64.7 Å². The summed E-state index contributed by atoms with van der Waals surface area (Å²) in [6.45, 7) is 0.291. The van der Waals surface area contributed by atoms with Gasteiger partial charge in [0.05, 0.1) is 12.5 Å². The lowest BCUT2D eigenvalue weighted by atomic mass is 10.1. The highest BCUT2D eigenvalue weighted by molar-refractivity contribution is 6.29. The zero-order chi connectivity index (χ0) is 15.2. The second-order valence-corrected chi connectivity index (χ2v) is 4.93. The fourth-order valence-corrected chi connectivity index (χ4v) is 1.90. The quantitative estimate of drug-likeness (QED) is 0.835. The number of aliphatic hydroxyl groups is 1. The molecule has 0 saturated carbocycles. The molecule has 2 rings (SSSR count). The maximum atomic E-state index is 13.0. The summed E-state index contributed by atoms with van der Waals surface area (Å²) in [6, 6.07) is 8.93. The van der Waals surface area contributed by atoms with Crippen LogP contribution in [0.5, 0.6) is 0 Å². The van der Waals surface area contributed by atoms with E-state index in [9.17, 15) is 14.3 Å². The minimum Gasteiger partial charge on any atom is -0.388 e. The molecule has 0 aliphatic heterocycles. The van der Waals surface area contributed by atoms with Gasteiger partial charge >= 0.3 is 0 Å². The van der Waals surface area contributed by atoms with Crippen molar-refractivity contribution >= 4 is 17.5 Å². The van der Waals surface area contributed by atoms with Crippen LogP contribution in [0.1, 0.15) is 23.7 Å². The Morgan fingerprint density at radius 3 is 2.86 bits per heavy atom. The number of rotatable bonds is 5. The van der Waals surface area contributed by atoms with E-state index in [4.69, 9.17) is 11.6 Å². The monoisotopic (exact) mass is 308 g/mol. The zero-order valence-electron chi connectivity index (χ0n) is 11.1. The molecule has 1 unspecified atom stereocenters. The second kappa shape index (κ2) is 7.15. The topological polar surface area (TPSA) is 62.2 Å². The summed E-state index contributed by atoms with van der Waals surface area (Å²) in [4.78, 5) is 15.6. The summed E-state index contributed by atoms with van der Waals surface area (Å²) in [5.41, 5.74) is 1.17. The van der Waals surface area contributed by atoms with E-state index in [1.54, 1.807) is 24.4 Å². The van der Waals surface area contributed by atoms with Crippen LogP contribution in [0.15, 0.2) is 42.6 Å². The number of aromatic nitrogens is 1. The van der Waals surface area contributed by atoms with Crippen LogP contribution in [0, 0.1) is 5.82 Å². The van der Waals surface area contributed by atoms with Crippen LogP contribution in [0.4, 0.5) is 4.39 Å². The number of benzene rings is 1. The standard InChI is InChI=1S/C15H14ClFN2O2/c16-14-5-4-10(8-18-14)9-19-15(21)7-13(20)11-2-1-3-12(17)6-11/h1-6,8,13,20H,7,9H2,(H,19,21). The molecule has 0 fully saturated rings. The number of amides is 1. The molecule has 0 bridgehead atoms. The van der Waals surface area contributed by atoms with Gasteiger partial charge in [-0.05, 0) is 29.3 Å². The van der Waals surface area contributed by atoms with Crippen LogP contribution < -0.4 is 5.32 Å². The normalized spacial score (nSPS) is 12.0. The molecule has 0 spiro atoms. The number of carbonyl (C=O) groups excluding carboxylic acids is 1. The third kappa shape index (κ3) is 4.81. The Morgan fingerprint density at radius 1 is 1.38 bits per heavy atom. The summed E-state index contributed by atoms with van der Waals surface area (Å²) in [5, 5.41) is 12.9. The van der Waals surface area contributed by atoms with E-state index >= 15 is 0 Å². The van der Waals surface area contributed by atoms with Crippen molar-refractivity contribution in [3.63, 3.8) is 0 Å². The predicted octanol–water partition coefficient (Wildman–Crippen LogP) is 2.61. The molecule has 1 heterocycles. The number of hydrogen-bond donors (Lipinski definition) is 2. The third-order valence-corrected chi connectivity index (χ3v) is 3.11. The number of nitrogens with zero attached hydrogens (tertiary/aromatic N) is 1. The van der Waals surface area contributed by atoms with E-state index in [2.05, 4.69) is 10.3 Å². The molecule has 6 heteroatoms. The van der Waals surface area contributed by atoms with Crippen molar-refractivity contribution < 1.29 is 14.3 Å². The molecule has 4 nitrogen and oxygen atoms in total. The number of pyridine rings is 1. The van der Waals surface area contributed by atoms with Gasteiger partial charge in [-0.1, -0.05) is 29.8 Å². The first-order chi connectivity index (χ1) is 10.0. The Hall–Kier alpha value is -1.98. The van der Waals surface area contributed by atoms with Gasteiger partial charge in [-0.15, -0.1) is 0 Å².